The van der Waals surface area contributed by atoms with Crippen molar-refractivity contribution < 1.29 is 13.2 Å². The Morgan fingerprint density at radius 2 is 1.15 bits per heavy atom. The van der Waals surface area contributed by atoms with Crippen molar-refractivity contribution in [1.82, 2.24) is 0 Å². The van der Waals surface area contributed by atoms with Crippen molar-refractivity contribution >= 4 is 0 Å². The van der Waals surface area contributed by atoms with E-state index in [4.69, 9.17) is 0 Å². The maximum absolute atomic E-state index is 15.5. The van der Waals surface area contributed by atoms with Gasteiger partial charge in [-0.2, -0.15) is 0 Å². The quantitative estimate of drug-likeness (QED) is 0.144. The molecule has 2 saturated carbocycles. The third-order valence-electron chi connectivity index (χ3n) is 11.8. The van der Waals surface area contributed by atoms with Gasteiger partial charge in [0.25, 0.3) is 0 Å². The van der Waals surface area contributed by atoms with Crippen LogP contribution in [-0.2, 0) is 6.42 Å². The Kier molecular flexibility index (Phi) is 13.5. The summed E-state index contributed by atoms with van der Waals surface area (Å²) in [6.45, 7) is 6.29. The van der Waals surface area contributed by atoms with Crippen LogP contribution < -0.4 is 0 Å². The topological polar surface area (TPSA) is 0 Å². The molecule has 3 aromatic rings. The lowest BCUT2D eigenvalue weighted by Gasteiger charge is -2.38. The fraction of sp³-hybridized carbons (Fsp3) is 0.591. The summed E-state index contributed by atoms with van der Waals surface area (Å²) in [6, 6.07) is 14.7. The molecule has 5 rings (SSSR count). The van der Waals surface area contributed by atoms with Crippen molar-refractivity contribution in [3.8, 4) is 22.3 Å². The molecule has 0 radical (unpaired) electrons. The fourth-order valence-corrected chi connectivity index (χ4v) is 8.79. The summed E-state index contributed by atoms with van der Waals surface area (Å²) < 4.78 is 45.8. The van der Waals surface area contributed by atoms with Gasteiger partial charge in [-0.1, -0.05) is 121 Å². The van der Waals surface area contributed by atoms with Gasteiger partial charge in [-0.25, -0.2) is 13.2 Å². The van der Waals surface area contributed by atoms with E-state index >= 15 is 13.2 Å². The van der Waals surface area contributed by atoms with Crippen LogP contribution in [-0.4, -0.2) is 0 Å². The molecule has 0 aromatic heterocycles. The highest BCUT2D eigenvalue weighted by Crippen LogP contribution is 2.45. The Morgan fingerprint density at radius 3 is 1.77 bits per heavy atom. The lowest BCUT2D eigenvalue weighted by molar-refractivity contribution is 0.155. The fourth-order valence-electron chi connectivity index (χ4n) is 8.79. The molecule has 0 heterocycles. The Balaban J connectivity index is 1.14. The Morgan fingerprint density at radius 1 is 0.574 bits per heavy atom. The second-order valence-corrected chi connectivity index (χ2v) is 15.1. The zero-order valence-corrected chi connectivity index (χ0v) is 29.5. The highest BCUT2D eigenvalue weighted by atomic mass is 19.2. The maximum Gasteiger partial charge on any atom is 0.166 e. The van der Waals surface area contributed by atoms with Crippen LogP contribution in [0.25, 0.3) is 22.3 Å². The van der Waals surface area contributed by atoms with Gasteiger partial charge in [0.2, 0.25) is 0 Å². The van der Waals surface area contributed by atoms with Crippen LogP contribution in [0.3, 0.4) is 0 Å². The number of hydrogen-bond acceptors (Lipinski definition) is 0. The lowest BCUT2D eigenvalue weighted by Crippen LogP contribution is -2.25. The number of aryl methyl sites for hydroxylation is 1. The number of rotatable bonds is 15. The van der Waals surface area contributed by atoms with E-state index in [2.05, 4.69) is 19.9 Å². The van der Waals surface area contributed by atoms with Gasteiger partial charge >= 0.3 is 0 Å². The summed E-state index contributed by atoms with van der Waals surface area (Å²) in [7, 11) is 0. The smallest absolute Gasteiger partial charge is 0.166 e. The molecule has 256 valence electrons. The van der Waals surface area contributed by atoms with Gasteiger partial charge in [0, 0.05) is 11.1 Å². The van der Waals surface area contributed by atoms with Gasteiger partial charge in [-0.05, 0) is 122 Å². The first-order valence-electron chi connectivity index (χ1n) is 19.3. The van der Waals surface area contributed by atoms with Gasteiger partial charge in [0.1, 0.15) is 5.82 Å². The van der Waals surface area contributed by atoms with Crippen molar-refractivity contribution in [2.75, 3.05) is 0 Å². The molecule has 0 aliphatic heterocycles. The molecule has 0 spiro atoms. The minimum atomic E-state index is -0.792. The number of hydrogen-bond donors (Lipinski definition) is 0. The van der Waals surface area contributed by atoms with E-state index in [-0.39, 0.29) is 11.4 Å². The van der Waals surface area contributed by atoms with Crippen molar-refractivity contribution in [3.63, 3.8) is 0 Å². The second kappa shape index (κ2) is 17.7. The minimum Gasteiger partial charge on any atom is -0.206 e. The number of halogens is 3. The molecule has 0 N–H and O–H groups in total. The van der Waals surface area contributed by atoms with E-state index in [0.717, 1.165) is 73.0 Å². The molecule has 2 fully saturated rings. The lowest BCUT2D eigenvalue weighted by atomic mass is 9.68. The van der Waals surface area contributed by atoms with Crippen LogP contribution in [0.4, 0.5) is 13.2 Å². The van der Waals surface area contributed by atoms with E-state index in [1.807, 2.05) is 25.1 Å². The summed E-state index contributed by atoms with van der Waals surface area (Å²) in [5.74, 6) is 1.43. The summed E-state index contributed by atoms with van der Waals surface area (Å²) in [5.41, 5.74) is 4.57. The van der Waals surface area contributed by atoms with Crippen molar-refractivity contribution in [2.45, 2.75) is 149 Å². The first-order chi connectivity index (χ1) is 22.9. The van der Waals surface area contributed by atoms with E-state index in [0.29, 0.717) is 29.0 Å². The van der Waals surface area contributed by atoms with Crippen LogP contribution in [0.1, 0.15) is 152 Å². The minimum absolute atomic E-state index is 0.203. The van der Waals surface area contributed by atoms with Crippen LogP contribution in [0, 0.1) is 42.1 Å². The normalized spacial score (nSPS) is 21.7. The molecule has 3 aromatic carbocycles. The summed E-state index contributed by atoms with van der Waals surface area (Å²) in [6.07, 6.45) is 23.7. The molecule has 0 bridgehead atoms. The molecule has 2 aliphatic rings. The molecular formula is C44H59F3. The van der Waals surface area contributed by atoms with E-state index in [9.17, 15) is 0 Å². The zero-order valence-electron chi connectivity index (χ0n) is 29.5. The molecule has 2 aliphatic carbocycles. The van der Waals surface area contributed by atoms with Crippen molar-refractivity contribution in [3.05, 3.63) is 82.7 Å². The highest BCUT2D eigenvalue weighted by molar-refractivity contribution is 5.72. The third-order valence-corrected chi connectivity index (χ3v) is 11.8. The van der Waals surface area contributed by atoms with E-state index in [1.165, 1.54) is 77.0 Å². The van der Waals surface area contributed by atoms with Crippen LogP contribution in [0.2, 0.25) is 0 Å². The van der Waals surface area contributed by atoms with Gasteiger partial charge in [-0.3, -0.25) is 0 Å². The molecule has 47 heavy (non-hydrogen) atoms. The van der Waals surface area contributed by atoms with Crippen molar-refractivity contribution in [2.24, 2.45) is 17.8 Å². The molecule has 3 heteroatoms. The monoisotopic (exact) mass is 644 g/mol. The Labute approximate surface area is 284 Å². The zero-order chi connectivity index (χ0) is 33.2. The first-order valence-corrected chi connectivity index (χ1v) is 19.3. The van der Waals surface area contributed by atoms with Gasteiger partial charge < -0.3 is 0 Å². The van der Waals surface area contributed by atoms with Gasteiger partial charge in [0.15, 0.2) is 11.6 Å². The molecule has 0 nitrogen and oxygen atoms in total. The average molecular weight is 645 g/mol. The average Bonchev–Trinajstić information content (AvgIpc) is 3.10. The Bertz CT molecular complexity index is 1390. The van der Waals surface area contributed by atoms with Crippen LogP contribution in [0.5, 0.6) is 0 Å². The van der Waals surface area contributed by atoms with E-state index in [1.54, 1.807) is 24.3 Å². The van der Waals surface area contributed by atoms with Crippen LogP contribution in [0.15, 0.2) is 48.5 Å². The standard InChI is InChI=1S/C44H59F3/c1-4-6-8-10-11-13-32-15-17-33(18-16-32)34-19-21-35(22-20-34)38-27-28-40(42(45)30-38)36-23-25-37(26-24-36)41-29-31(3)39(43(46)44(41)47)14-12-9-7-5-2/h23-30,32-35H,4-22H2,1-3H3. The summed E-state index contributed by atoms with van der Waals surface area (Å²) >= 11 is 0. The molecule has 0 atom stereocenters. The predicted molar refractivity (Wildman–Crippen MR) is 193 cm³/mol. The summed E-state index contributed by atoms with van der Waals surface area (Å²) in [4.78, 5) is 0. The van der Waals surface area contributed by atoms with Gasteiger partial charge in [0.05, 0.1) is 0 Å². The van der Waals surface area contributed by atoms with Crippen molar-refractivity contribution in [1.29, 1.82) is 0 Å². The molecular weight excluding hydrogens is 585 g/mol. The first kappa shape index (κ1) is 35.7. The SMILES string of the molecule is CCCCCCCC1CCC(C2CCC(c3ccc(-c4ccc(-c5cc(C)c(CCCCCC)c(F)c5F)cc4)c(F)c3)CC2)CC1. The highest BCUT2D eigenvalue weighted by Gasteiger charge is 2.31. The third kappa shape index (κ3) is 9.33. The van der Waals surface area contributed by atoms with Crippen LogP contribution >= 0.6 is 0 Å². The van der Waals surface area contributed by atoms with Gasteiger partial charge in [-0.15, -0.1) is 0 Å². The summed E-state index contributed by atoms with van der Waals surface area (Å²) in [5, 5.41) is 0. The number of unbranched alkanes of at least 4 members (excludes halogenated alkanes) is 7. The predicted octanol–water partition coefficient (Wildman–Crippen LogP) is 14.3. The molecule has 0 unspecified atom stereocenters. The second-order valence-electron chi connectivity index (χ2n) is 15.1. The largest absolute Gasteiger partial charge is 0.206 e. The molecule has 0 saturated heterocycles. The molecule has 0 amide bonds. The number of benzene rings is 3. The Hall–Kier alpha value is -2.55. The van der Waals surface area contributed by atoms with E-state index < -0.39 is 11.6 Å². The maximum atomic E-state index is 15.5.